The average molecular weight is 380 g/mol. The zero-order chi connectivity index (χ0) is 17.1. The van der Waals surface area contributed by atoms with Gasteiger partial charge in [0.1, 0.15) is 4.88 Å². The van der Waals surface area contributed by atoms with Crippen LogP contribution in [0.15, 0.2) is 48.5 Å². The van der Waals surface area contributed by atoms with E-state index in [4.69, 9.17) is 27.9 Å². The van der Waals surface area contributed by atoms with Crippen LogP contribution in [0.25, 0.3) is 10.1 Å². The quantitative estimate of drug-likeness (QED) is 0.648. The van der Waals surface area contributed by atoms with Gasteiger partial charge in [-0.3, -0.25) is 4.79 Å². The summed E-state index contributed by atoms with van der Waals surface area (Å²) >= 11 is 13.3. The molecule has 0 aliphatic heterocycles. The van der Waals surface area contributed by atoms with Crippen LogP contribution in [0.1, 0.15) is 9.67 Å². The van der Waals surface area contributed by atoms with E-state index in [1.165, 1.54) is 11.3 Å². The molecule has 3 rings (SSSR count). The van der Waals surface area contributed by atoms with Gasteiger partial charge in [0.15, 0.2) is 6.61 Å². The van der Waals surface area contributed by atoms with Gasteiger partial charge in [-0.2, -0.15) is 0 Å². The topological polar surface area (TPSA) is 55.4 Å². The first kappa shape index (κ1) is 16.8. The molecule has 4 nitrogen and oxygen atoms in total. The normalized spacial score (nSPS) is 10.6. The summed E-state index contributed by atoms with van der Waals surface area (Å²) in [4.78, 5) is 24.3. The molecular weight excluding hydrogens is 369 g/mol. The fourth-order valence-corrected chi connectivity index (χ4v) is 3.70. The Kier molecular flexibility index (Phi) is 5.04. The van der Waals surface area contributed by atoms with Crippen LogP contribution in [0.3, 0.4) is 0 Å². The molecule has 1 N–H and O–H groups in total. The Hall–Kier alpha value is -2.08. The SMILES string of the molecule is O=C(COC(=O)c1sc2ccccc2c1Cl)Nc1cccc(Cl)c1. The van der Waals surface area contributed by atoms with Gasteiger partial charge in [-0.1, -0.05) is 47.5 Å². The number of carbonyl (C=O) groups excluding carboxylic acids is 2. The zero-order valence-corrected chi connectivity index (χ0v) is 14.5. The van der Waals surface area contributed by atoms with Crippen LogP contribution < -0.4 is 5.32 Å². The number of ether oxygens (including phenoxy) is 1. The first-order valence-corrected chi connectivity index (χ1v) is 8.51. The third kappa shape index (κ3) is 3.70. The van der Waals surface area contributed by atoms with Crippen molar-refractivity contribution in [1.82, 2.24) is 0 Å². The van der Waals surface area contributed by atoms with Gasteiger partial charge in [-0.25, -0.2) is 4.79 Å². The number of hydrogen-bond acceptors (Lipinski definition) is 4. The molecule has 0 aliphatic carbocycles. The lowest BCUT2D eigenvalue weighted by Crippen LogP contribution is -2.20. The van der Waals surface area contributed by atoms with E-state index < -0.39 is 18.5 Å². The molecule has 3 aromatic rings. The van der Waals surface area contributed by atoms with Crippen molar-refractivity contribution in [2.24, 2.45) is 0 Å². The lowest BCUT2D eigenvalue weighted by Gasteiger charge is -2.06. The summed E-state index contributed by atoms with van der Waals surface area (Å²) in [5, 5.41) is 4.24. The van der Waals surface area contributed by atoms with E-state index in [1.807, 2.05) is 24.3 Å². The Balaban J connectivity index is 1.64. The first-order chi connectivity index (χ1) is 11.5. The van der Waals surface area contributed by atoms with Crippen molar-refractivity contribution in [1.29, 1.82) is 0 Å². The van der Waals surface area contributed by atoms with Gasteiger partial charge in [0.25, 0.3) is 5.91 Å². The van der Waals surface area contributed by atoms with Crippen LogP contribution in [-0.4, -0.2) is 18.5 Å². The molecule has 0 bridgehead atoms. The maximum atomic E-state index is 12.1. The second-order valence-corrected chi connectivity index (χ2v) is 6.74. The van der Waals surface area contributed by atoms with E-state index in [0.717, 1.165) is 10.1 Å². The molecule has 1 heterocycles. The Morgan fingerprint density at radius 1 is 1.08 bits per heavy atom. The predicted molar refractivity (Wildman–Crippen MR) is 97.2 cm³/mol. The van der Waals surface area contributed by atoms with E-state index in [1.54, 1.807) is 24.3 Å². The molecule has 1 aromatic heterocycles. The van der Waals surface area contributed by atoms with Crippen molar-refractivity contribution in [3.05, 3.63) is 63.5 Å². The van der Waals surface area contributed by atoms with Crippen LogP contribution in [0, 0.1) is 0 Å². The second-order valence-electron chi connectivity index (χ2n) is 4.88. The van der Waals surface area contributed by atoms with E-state index >= 15 is 0 Å². The number of halogens is 2. The molecule has 0 radical (unpaired) electrons. The van der Waals surface area contributed by atoms with Crippen molar-refractivity contribution in [3.8, 4) is 0 Å². The molecule has 24 heavy (non-hydrogen) atoms. The number of carbonyl (C=O) groups is 2. The number of benzene rings is 2. The van der Waals surface area contributed by atoms with Crippen LogP contribution in [0.2, 0.25) is 10.0 Å². The molecule has 0 unspecified atom stereocenters. The fraction of sp³-hybridized carbons (Fsp3) is 0.0588. The van der Waals surface area contributed by atoms with E-state index in [0.29, 0.717) is 15.7 Å². The highest BCUT2D eigenvalue weighted by Crippen LogP contribution is 2.35. The molecular formula is C17H11Cl2NO3S. The summed E-state index contributed by atoms with van der Waals surface area (Å²) in [6.45, 7) is -0.407. The molecule has 0 saturated heterocycles. The van der Waals surface area contributed by atoms with E-state index in [9.17, 15) is 9.59 Å². The number of rotatable bonds is 4. The molecule has 0 saturated carbocycles. The van der Waals surface area contributed by atoms with Gasteiger partial charge in [0, 0.05) is 20.8 Å². The molecule has 7 heteroatoms. The van der Waals surface area contributed by atoms with Gasteiger partial charge < -0.3 is 10.1 Å². The van der Waals surface area contributed by atoms with Gasteiger partial charge >= 0.3 is 5.97 Å². The second kappa shape index (κ2) is 7.21. The molecule has 1 amide bonds. The Morgan fingerprint density at radius 2 is 1.88 bits per heavy atom. The van der Waals surface area contributed by atoms with E-state index in [-0.39, 0.29) is 4.88 Å². The minimum absolute atomic E-state index is 0.286. The van der Waals surface area contributed by atoms with Crippen molar-refractivity contribution < 1.29 is 14.3 Å². The summed E-state index contributed by atoms with van der Waals surface area (Å²) in [6.07, 6.45) is 0. The van der Waals surface area contributed by atoms with Crippen molar-refractivity contribution in [2.45, 2.75) is 0 Å². The van der Waals surface area contributed by atoms with Crippen molar-refractivity contribution in [2.75, 3.05) is 11.9 Å². The lowest BCUT2D eigenvalue weighted by molar-refractivity contribution is -0.119. The highest BCUT2D eigenvalue weighted by atomic mass is 35.5. The molecule has 0 aliphatic rings. The first-order valence-electron chi connectivity index (χ1n) is 6.94. The number of nitrogens with one attached hydrogen (secondary N) is 1. The molecule has 0 fully saturated rings. The predicted octanol–water partition coefficient (Wildman–Crippen LogP) is 5.00. The molecule has 122 valence electrons. The van der Waals surface area contributed by atoms with Crippen LogP contribution in [0.4, 0.5) is 5.69 Å². The van der Waals surface area contributed by atoms with Crippen molar-refractivity contribution >= 4 is 62.2 Å². The minimum Gasteiger partial charge on any atom is -0.451 e. The Bertz CT molecular complexity index is 923. The Labute approximate surface area is 151 Å². The third-order valence-corrected chi connectivity index (χ3v) is 5.05. The number of esters is 1. The number of fused-ring (bicyclic) bond motifs is 1. The fourth-order valence-electron chi connectivity index (χ4n) is 2.11. The summed E-state index contributed by atoms with van der Waals surface area (Å²) in [7, 11) is 0. The molecule has 2 aromatic carbocycles. The number of amides is 1. The van der Waals surface area contributed by atoms with Gasteiger partial charge in [-0.05, 0) is 24.3 Å². The van der Waals surface area contributed by atoms with Gasteiger partial charge in [0.2, 0.25) is 0 Å². The standard InChI is InChI=1S/C17H11Cl2NO3S/c18-10-4-3-5-11(8-10)20-14(21)9-23-17(22)16-15(19)12-6-1-2-7-13(12)24-16/h1-8H,9H2,(H,20,21). The number of hydrogen-bond donors (Lipinski definition) is 1. The largest absolute Gasteiger partial charge is 0.451 e. The van der Waals surface area contributed by atoms with Gasteiger partial charge in [0.05, 0.1) is 5.02 Å². The monoisotopic (exact) mass is 379 g/mol. The van der Waals surface area contributed by atoms with Gasteiger partial charge in [-0.15, -0.1) is 11.3 Å². The van der Waals surface area contributed by atoms with Crippen LogP contribution in [0.5, 0.6) is 0 Å². The zero-order valence-electron chi connectivity index (χ0n) is 12.2. The highest BCUT2D eigenvalue weighted by molar-refractivity contribution is 7.21. The maximum Gasteiger partial charge on any atom is 0.350 e. The maximum absolute atomic E-state index is 12.1. The number of anilines is 1. The summed E-state index contributed by atoms with van der Waals surface area (Å²) in [6, 6.07) is 14.1. The smallest absolute Gasteiger partial charge is 0.350 e. The third-order valence-electron chi connectivity index (χ3n) is 3.16. The van der Waals surface area contributed by atoms with Crippen LogP contribution >= 0.6 is 34.5 Å². The Morgan fingerprint density at radius 3 is 2.62 bits per heavy atom. The summed E-state index contributed by atoms with van der Waals surface area (Å²) in [5.41, 5.74) is 0.531. The number of thiophene rings is 1. The highest BCUT2D eigenvalue weighted by Gasteiger charge is 2.19. The summed E-state index contributed by atoms with van der Waals surface area (Å²) < 4.78 is 5.93. The molecule has 0 spiro atoms. The molecule has 0 atom stereocenters. The minimum atomic E-state index is -0.623. The summed E-state index contributed by atoms with van der Waals surface area (Å²) in [5.74, 6) is -1.08. The van der Waals surface area contributed by atoms with Crippen LogP contribution in [-0.2, 0) is 9.53 Å². The average Bonchev–Trinajstić information content (AvgIpc) is 2.90. The lowest BCUT2D eigenvalue weighted by atomic mass is 10.2. The van der Waals surface area contributed by atoms with Crippen molar-refractivity contribution in [3.63, 3.8) is 0 Å². The van der Waals surface area contributed by atoms with E-state index in [2.05, 4.69) is 5.32 Å².